The zero-order valence-electron chi connectivity index (χ0n) is 9.43. The van der Waals surface area contributed by atoms with Gasteiger partial charge in [-0.3, -0.25) is 10.2 Å². The third-order valence-corrected chi connectivity index (χ3v) is 1.92. The molecule has 0 radical (unpaired) electrons. The van der Waals surface area contributed by atoms with Crippen LogP contribution in [0.25, 0.3) is 0 Å². The smallest absolute Gasteiger partial charge is 0.230 e. The Bertz CT molecular complexity index is 430. The number of thiocarbonyl (C=S) groups is 1. The second-order valence-corrected chi connectivity index (χ2v) is 3.85. The Morgan fingerprint density at radius 2 is 2.06 bits per heavy atom. The number of para-hydroxylation sites is 1. The molecule has 0 fully saturated rings. The lowest BCUT2D eigenvalue weighted by atomic mass is 10.2. The highest BCUT2D eigenvalue weighted by Crippen LogP contribution is 2.05. The van der Waals surface area contributed by atoms with Gasteiger partial charge in [-0.2, -0.15) is 5.10 Å². The number of nitrogens with two attached hydrogens (primary N) is 1. The van der Waals surface area contributed by atoms with Crippen LogP contribution in [0.15, 0.2) is 35.4 Å². The van der Waals surface area contributed by atoms with Crippen molar-refractivity contribution in [2.45, 2.75) is 13.3 Å². The Balaban J connectivity index is 2.45. The third-order valence-electron chi connectivity index (χ3n) is 1.83. The molecule has 1 aromatic rings. The fourth-order valence-electron chi connectivity index (χ4n) is 1.15. The monoisotopic (exact) mass is 250 g/mol. The Labute approximate surface area is 105 Å². The molecule has 1 amide bonds. The molecule has 4 N–H and O–H groups in total. The maximum Gasteiger partial charge on any atom is 0.230 e. The standard InChI is InChI=1S/C11H14N4OS/c1-8(14-15-11(12)17)7-10(16)13-9-5-3-2-4-6-9/h2-6H,7H2,1H3,(H,13,16)(H3,12,15,17)/b14-8+. The third kappa shape index (κ3) is 5.62. The molecule has 0 aliphatic carbocycles. The number of hydrogen-bond acceptors (Lipinski definition) is 3. The first-order chi connectivity index (χ1) is 8.08. The van der Waals surface area contributed by atoms with Gasteiger partial charge in [-0.25, -0.2) is 0 Å². The summed E-state index contributed by atoms with van der Waals surface area (Å²) in [5.41, 5.74) is 9.00. The minimum Gasteiger partial charge on any atom is -0.375 e. The summed E-state index contributed by atoms with van der Waals surface area (Å²) >= 11 is 4.59. The predicted octanol–water partition coefficient (Wildman–Crippen LogP) is 1.22. The minimum atomic E-state index is -0.137. The maximum absolute atomic E-state index is 11.6. The summed E-state index contributed by atoms with van der Waals surface area (Å²) in [6.45, 7) is 1.72. The van der Waals surface area contributed by atoms with Gasteiger partial charge in [0.2, 0.25) is 5.91 Å². The lowest BCUT2D eigenvalue weighted by Gasteiger charge is -2.04. The molecule has 0 aromatic heterocycles. The Hall–Kier alpha value is -1.95. The Kier molecular flexibility index (Phi) is 5.09. The molecule has 6 heteroatoms. The van der Waals surface area contributed by atoms with Gasteiger partial charge >= 0.3 is 0 Å². The molecule has 1 rings (SSSR count). The first kappa shape index (κ1) is 13.1. The molecule has 0 bridgehead atoms. The van der Waals surface area contributed by atoms with E-state index >= 15 is 0 Å². The zero-order valence-corrected chi connectivity index (χ0v) is 10.3. The number of benzene rings is 1. The van der Waals surface area contributed by atoms with Crippen molar-refractivity contribution in [1.82, 2.24) is 5.43 Å². The van der Waals surface area contributed by atoms with Crippen LogP contribution in [0, 0.1) is 0 Å². The molecular formula is C11H14N4OS. The molecule has 0 spiro atoms. The van der Waals surface area contributed by atoms with Crippen molar-refractivity contribution in [2.24, 2.45) is 10.8 Å². The van der Waals surface area contributed by atoms with E-state index in [1.165, 1.54) is 0 Å². The van der Waals surface area contributed by atoms with Gasteiger partial charge in [-0.1, -0.05) is 18.2 Å². The van der Waals surface area contributed by atoms with E-state index in [0.29, 0.717) is 5.71 Å². The Morgan fingerprint density at radius 3 is 2.65 bits per heavy atom. The number of nitrogens with one attached hydrogen (secondary N) is 2. The molecule has 0 heterocycles. The molecule has 17 heavy (non-hydrogen) atoms. The van der Waals surface area contributed by atoms with Crippen LogP contribution >= 0.6 is 12.2 Å². The van der Waals surface area contributed by atoms with Crippen LogP contribution in [0.3, 0.4) is 0 Å². The van der Waals surface area contributed by atoms with E-state index in [2.05, 4.69) is 28.1 Å². The molecule has 0 saturated heterocycles. The van der Waals surface area contributed by atoms with Gasteiger partial charge in [0, 0.05) is 11.4 Å². The highest BCUT2D eigenvalue weighted by atomic mass is 32.1. The Morgan fingerprint density at radius 1 is 1.41 bits per heavy atom. The summed E-state index contributed by atoms with van der Waals surface area (Å²) in [5.74, 6) is -0.137. The quantitative estimate of drug-likeness (QED) is 0.426. The summed E-state index contributed by atoms with van der Waals surface area (Å²) in [5, 5.41) is 6.67. The van der Waals surface area contributed by atoms with E-state index in [4.69, 9.17) is 5.73 Å². The lowest BCUT2D eigenvalue weighted by molar-refractivity contribution is -0.115. The number of hydrogen-bond donors (Lipinski definition) is 3. The van der Waals surface area contributed by atoms with Crippen LogP contribution in [0.2, 0.25) is 0 Å². The second-order valence-electron chi connectivity index (χ2n) is 3.41. The molecule has 0 aliphatic rings. The lowest BCUT2D eigenvalue weighted by Crippen LogP contribution is -2.26. The fraction of sp³-hybridized carbons (Fsp3) is 0.182. The first-order valence-corrected chi connectivity index (χ1v) is 5.42. The van der Waals surface area contributed by atoms with Crippen LogP contribution in [-0.2, 0) is 4.79 Å². The zero-order chi connectivity index (χ0) is 12.7. The fourth-order valence-corrected chi connectivity index (χ4v) is 1.19. The van der Waals surface area contributed by atoms with Gasteiger partial charge in [0.05, 0.1) is 6.42 Å². The van der Waals surface area contributed by atoms with Crippen LogP contribution in [-0.4, -0.2) is 16.7 Å². The summed E-state index contributed by atoms with van der Waals surface area (Å²) in [7, 11) is 0. The number of anilines is 1. The summed E-state index contributed by atoms with van der Waals surface area (Å²) in [4.78, 5) is 11.6. The van der Waals surface area contributed by atoms with Crippen LogP contribution in [0.4, 0.5) is 5.69 Å². The number of rotatable bonds is 4. The molecular weight excluding hydrogens is 236 g/mol. The van der Waals surface area contributed by atoms with Gasteiger partial charge in [-0.15, -0.1) is 0 Å². The van der Waals surface area contributed by atoms with Gasteiger partial charge < -0.3 is 11.1 Å². The normalized spacial score (nSPS) is 10.8. The van der Waals surface area contributed by atoms with Crippen molar-refractivity contribution in [3.05, 3.63) is 30.3 Å². The molecule has 90 valence electrons. The van der Waals surface area contributed by atoms with Crippen LogP contribution in [0.5, 0.6) is 0 Å². The SMILES string of the molecule is C/C(CC(=O)Nc1ccccc1)=N\NC(N)=S. The second kappa shape index (κ2) is 6.59. The largest absolute Gasteiger partial charge is 0.375 e. The first-order valence-electron chi connectivity index (χ1n) is 5.01. The van der Waals surface area contributed by atoms with Crippen molar-refractivity contribution in [2.75, 3.05) is 5.32 Å². The van der Waals surface area contributed by atoms with Crippen molar-refractivity contribution < 1.29 is 4.79 Å². The number of nitrogens with zero attached hydrogens (tertiary/aromatic N) is 1. The van der Waals surface area contributed by atoms with E-state index in [-0.39, 0.29) is 17.4 Å². The summed E-state index contributed by atoms with van der Waals surface area (Å²) in [6, 6.07) is 9.22. The number of amides is 1. The highest BCUT2D eigenvalue weighted by molar-refractivity contribution is 7.80. The molecule has 0 aliphatic heterocycles. The van der Waals surface area contributed by atoms with E-state index < -0.39 is 0 Å². The minimum absolute atomic E-state index is 0.0767. The van der Waals surface area contributed by atoms with E-state index in [0.717, 1.165) is 5.69 Å². The van der Waals surface area contributed by atoms with Crippen molar-refractivity contribution >= 4 is 34.6 Å². The van der Waals surface area contributed by atoms with Crippen LogP contribution in [0.1, 0.15) is 13.3 Å². The molecule has 0 unspecified atom stereocenters. The number of carbonyl (C=O) groups excluding carboxylic acids is 1. The van der Waals surface area contributed by atoms with E-state index in [1.807, 2.05) is 30.3 Å². The van der Waals surface area contributed by atoms with Gasteiger partial charge in [0.15, 0.2) is 5.11 Å². The van der Waals surface area contributed by atoms with Crippen molar-refractivity contribution in [3.8, 4) is 0 Å². The highest BCUT2D eigenvalue weighted by Gasteiger charge is 2.04. The van der Waals surface area contributed by atoms with Crippen molar-refractivity contribution in [3.63, 3.8) is 0 Å². The number of carbonyl (C=O) groups is 1. The summed E-state index contributed by atoms with van der Waals surface area (Å²) < 4.78 is 0. The van der Waals surface area contributed by atoms with Gasteiger partial charge in [-0.05, 0) is 31.3 Å². The van der Waals surface area contributed by atoms with Crippen LogP contribution < -0.4 is 16.5 Å². The van der Waals surface area contributed by atoms with Gasteiger partial charge in [0.25, 0.3) is 0 Å². The topological polar surface area (TPSA) is 79.5 Å². The molecule has 0 atom stereocenters. The van der Waals surface area contributed by atoms with E-state index in [1.54, 1.807) is 6.92 Å². The molecule has 5 nitrogen and oxygen atoms in total. The van der Waals surface area contributed by atoms with E-state index in [9.17, 15) is 4.79 Å². The maximum atomic E-state index is 11.6. The van der Waals surface area contributed by atoms with Crippen molar-refractivity contribution in [1.29, 1.82) is 0 Å². The molecule has 0 saturated carbocycles. The number of hydrazone groups is 1. The average Bonchev–Trinajstić information content (AvgIpc) is 2.27. The molecule has 1 aromatic carbocycles. The average molecular weight is 250 g/mol. The summed E-state index contributed by atoms with van der Waals surface area (Å²) in [6.07, 6.45) is 0.185. The van der Waals surface area contributed by atoms with Gasteiger partial charge in [0.1, 0.15) is 0 Å². The predicted molar refractivity (Wildman–Crippen MR) is 72.7 cm³/mol.